The lowest BCUT2D eigenvalue weighted by atomic mass is 9.77. The van der Waals surface area contributed by atoms with Crippen molar-refractivity contribution in [2.24, 2.45) is 0 Å². The highest BCUT2D eigenvalue weighted by Gasteiger charge is 2.41. The third-order valence-corrected chi connectivity index (χ3v) is 7.22. The molecule has 1 aromatic heterocycles. The van der Waals surface area contributed by atoms with Crippen molar-refractivity contribution in [2.45, 2.75) is 12.1 Å². The van der Waals surface area contributed by atoms with Crippen molar-refractivity contribution in [1.29, 1.82) is 0 Å². The van der Waals surface area contributed by atoms with Crippen molar-refractivity contribution in [3.05, 3.63) is 155 Å². The molecule has 0 fully saturated rings. The van der Waals surface area contributed by atoms with Crippen LogP contribution < -0.4 is 5.73 Å². The molecule has 6 aromatic rings. The Kier molecular flexibility index (Phi) is 6.43. The van der Waals surface area contributed by atoms with E-state index in [2.05, 4.69) is 77.5 Å². The number of benzene rings is 5. The first-order chi connectivity index (χ1) is 19.1. The highest BCUT2D eigenvalue weighted by Crippen LogP contribution is 2.44. The van der Waals surface area contributed by atoms with Gasteiger partial charge in [-0.3, -0.25) is 0 Å². The number of anilines is 1. The van der Waals surface area contributed by atoms with E-state index in [1.54, 1.807) is 13.2 Å². The van der Waals surface area contributed by atoms with E-state index in [-0.39, 0.29) is 12.4 Å². The molecule has 0 saturated heterocycles. The standard InChI is InChI=1S/C34H28FN3O/c1-39-23-25-21-24(17-19-31(25)35)33-30-22-29(36)18-20-32(30)38(37-33)34(26-11-5-2-6-12-26,27-13-7-3-8-14-27)28-15-9-4-10-16-28/h2-22H,23,36H2,1H3. The van der Waals surface area contributed by atoms with Gasteiger partial charge in [-0.1, -0.05) is 91.0 Å². The molecule has 0 bridgehead atoms. The van der Waals surface area contributed by atoms with Gasteiger partial charge in [-0.05, 0) is 53.1 Å². The second-order valence-corrected chi connectivity index (χ2v) is 9.58. The van der Waals surface area contributed by atoms with E-state index in [4.69, 9.17) is 15.6 Å². The van der Waals surface area contributed by atoms with E-state index in [1.807, 2.05) is 42.5 Å². The summed E-state index contributed by atoms with van der Waals surface area (Å²) >= 11 is 0. The van der Waals surface area contributed by atoms with Crippen LogP contribution in [0, 0.1) is 5.82 Å². The summed E-state index contributed by atoms with van der Waals surface area (Å²) in [6, 6.07) is 42.1. The van der Waals surface area contributed by atoms with Crippen LogP contribution in [-0.4, -0.2) is 16.9 Å². The van der Waals surface area contributed by atoms with Crippen LogP contribution >= 0.6 is 0 Å². The number of hydrogen-bond acceptors (Lipinski definition) is 3. The molecule has 1 heterocycles. The maximum Gasteiger partial charge on any atom is 0.138 e. The van der Waals surface area contributed by atoms with Crippen molar-refractivity contribution >= 4 is 16.6 Å². The summed E-state index contributed by atoms with van der Waals surface area (Å²) in [5.74, 6) is -0.309. The second-order valence-electron chi connectivity index (χ2n) is 9.58. The van der Waals surface area contributed by atoms with E-state index in [0.29, 0.717) is 11.3 Å². The summed E-state index contributed by atoms with van der Waals surface area (Å²) in [4.78, 5) is 0. The number of fused-ring (bicyclic) bond motifs is 1. The number of ether oxygens (including phenoxy) is 1. The molecule has 2 N–H and O–H groups in total. The van der Waals surface area contributed by atoms with Crippen LogP contribution in [0.15, 0.2) is 127 Å². The summed E-state index contributed by atoms with van der Waals surface area (Å²) in [5.41, 5.74) is 12.2. The first-order valence-corrected chi connectivity index (χ1v) is 12.9. The van der Waals surface area contributed by atoms with Crippen molar-refractivity contribution in [1.82, 2.24) is 9.78 Å². The fraction of sp³-hybridized carbons (Fsp3) is 0.0882. The molecule has 192 valence electrons. The minimum absolute atomic E-state index is 0.169. The summed E-state index contributed by atoms with van der Waals surface area (Å²) in [7, 11) is 1.56. The molecular weight excluding hydrogens is 485 g/mol. The minimum atomic E-state index is -0.800. The molecular formula is C34H28FN3O. The third kappa shape index (κ3) is 4.17. The average molecular weight is 514 g/mol. The Balaban J connectivity index is 1.75. The average Bonchev–Trinajstić information content (AvgIpc) is 3.35. The molecule has 6 rings (SSSR count). The van der Waals surface area contributed by atoms with Crippen LogP contribution in [0.3, 0.4) is 0 Å². The number of methoxy groups -OCH3 is 1. The molecule has 0 atom stereocenters. The SMILES string of the molecule is COCc1cc(-c2nn(C(c3ccccc3)(c3ccccc3)c3ccccc3)c3ccc(N)cc23)ccc1F. The van der Waals surface area contributed by atoms with Crippen LogP contribution in [0.4, 0.5) is 10.1 Å². The fourth-order valence-electron chi connectivity index (χ4n) is 5.50. The van der Waals surface area contributed by atoms with Gasteiger partial charge in [-0.2, -0.15) is 5.10 Å². The van der Waals surface area contributed by atoms with Gasteiger partial charge in [0.05, 0.1) is 12.1 Å². The van der Waals surface area contributed by atoms with Gasteiger partial charge in [-0.25, -0.2) is 9.07 Å². The molecule has 0 unspecified atom stereocenters. The fourth-order valence-corrected chi connectivity index (χ4v) is 5.50. The Labute approximate surface area is 227 Å². The maximum atomic E-state index is 14.6. The number of nitrogen functional groups attached to an aromatic ring is 1. The van der Waals surface area contributed by atoms with Crippen molar-refractivity contribution in [3.63, 3.8) is 0 Å². The zero-order chi connectivity index (χ0) is 26.8. The third-order valence-electron chi connectivity index (χ3n) is 7.22. The van der Waals surface area contributed by atoms with Crippen LogP contribution in [0.1, 0.15) is 22.3 Å². The molecule has 0 amide bonds. The molecule has 5 heteroatoms. The number of rotatable bonds is 7. The smallest absolute Gasteiger partial charge is 0.138 e. The maximum absolute atomic E-state index is 14.6. The number of nitrogens with zero attached hydrogens (tertiary/aromatic N) is 2. The van der Waals surface area contributed by atoms with E-state index >= 15 is 0 Å². The van der Waals surface area contributed by atoms with Crippen molar-refractivity contribution in [3.8, 4) is 11.3 Å². The Morgan fingerprint density at radius 2 is 1.31 bits per heavy atom. The van der Waals surface area contributed by atoms with Crippen LogP contribution in [0.25, 0.3) is 22.2 Å². The minimum Gasteiger partial charge on any atom is -0.399 e. The second kappa shape index (κ2) is 10.2. The van der Waals surface area contributed by atoms with Gasteiger partial charge in [0.15, 0.2) is 0 Å². The van der Waals surface area contributed by atoms with E-state index in [1.165, 1.54) is 6.07 Å². The number of aromatic nitrogens is 2. The van der Waals surface area contributed by atoms with Gasteiger partial charge >= 0.3 is 0 Å². The number of halogens is 1. The van der Waals surface area contributed by atoms with E-state index < -0.39 is 5.54 Å². The van der Waals surface area contributed by atoms with Gasteiger partial charge in [0.2, 0.25) is 0 Å². The Hall–Kier alpha value is -4.74. The lowest BCUT2D eigenvalue weighted by molar-refractivity contribution is 0.181. The Morgan fingerprint density at radius 3 is 1.85 bits per heavy atom. The predicted octanol–water partition coefficient (Wildman–Crippen LogP) is 7.41. The first kappa shape index (κ1) is 24.6. The lowest BCUT2D eigenvalue weighted by Gasteiger charge is -2.37. The molecule has 4 nitrogen and oxygen atoms in total. The monoisotopic (exact) mass is 513 g/mol. The quantitative estimate of drug-likeness (QED) is 0.179. The van der Waals surface area contributed by atoms with Gasteiger partial charge in [0, 0.05) is 29.3 Å². The van der Waals surface area contributed by atoms with Gasteiger partial charge in [-0.15, -0.1) is 0 Å². The number of hydrogen-bond donors (Lipinski definition) is 1. The van der Waals surface area contributed by atoms with Crippen LogP contribution in [-0.2, 0) is 16.9 Å². The molecule has 0 radical (unpaired) electrons. The largest absolute Gasteiger partial charge is 0.399 e. The highest BCUT2D eigenvalue weighted by molar-refractivity contribution is 5.96. The van der Waals surface area contributed by atoms with E-state index in [9.17, 15) is 4.39 Å². The Bertz CT molecular complexity index is 1630. The predicted molar refractivity (Wildman–Crippen MR) is 155 cm³/mol. The molecule has 5 aromatic carbocycles. The van der Waals surface area contributed by atoms with Crippen molar-refractivity contribution < 1.29 is 9.13 Å². The molecule has 0 aliphatic rings. The van der Waals surface area contributed by atoms with Gasteiger partial charge in [0.1, 0.15) is 17.1 Å². The number of nitrogens with two attached hydrogens (primary N) is 1. The topological polar surface area (TPSA) is 53.1 Å². The van der Waals surface area contributed by atoms with Gasteiger partial charge < -0.3 is 10.5 Å². The van der Waals surface area contributed by atoms with Crippen LogP contribution in [0.5, 0.6) is 0 Å². The lowest BCUT2D eigenvalue weighted by Crippen LogP contribution is -2.38. The van der Waals surface area contributed by atoms with Gasteiger partial charge in [0.25, 0.3) is 0 Å². The van der Waals surface area contributed by atoms with Crippen molar-refractivity contribution in [2.75, 3.05) is 12.8 Å². The molecule has 0 aliphatic carbocycles. The molecule has 0 spiro atoms. The zero-order valence-corrected chi connectivity index (χ0v) is 21.6. The first-order valence-electron chi connectivity index (χ1n) is 12.9. The zero-order valence-electron chi connectivity index (χ0n) is 21.6. The molecule has 0 aliphatic heterocycles. The molecule has 39 heavy (non-hydrogen) atoms. The summed E-state index contributed by atoms with van der Waals surface area (Å²) in [6.45, 7) is 0.169. The normalized spacial score (nSPS) is 11.6. The summed E-state index contributed by atoms with van der Waals surface area (Å²) in [5, 5.41) is 6.22. The van der Waals surface area contributed by atoms with Crippen LogP contribution in [0.2, 0.25) is 0 Å². The van der Waals surface area contributed by atoms with E-state index in [0.717, 1.165) is 38.9 Å². The summed E-state index contributed by atoms with van der Waals surface area (Å²) in [6.07, 6.45) is 0. The Morgan fingerprint density at radius 1 is 0.744 bits per heavy atom. The molecule has 0 saturated carbocycles. The summed E-state index contributed by atoms with van der Waals surface area (Å²) < 4.78 is 21.9. The highest BCUT2D eigenvalue weighted by atomic mass is 19.1.